The van der Waals surface area contributed by atoms with E-state index in [0.29, 0.717) is 0 Å². The third kappa shape index (κ3) is 8.23. The summed E-state index contributed by atoms with van der Waals surface area (Å²) in [6.07, 6.45) is 4.22. The number of nitrogens with one attached hydrogen (secondary N) is 2. The Balaban J connectivity index is 3.00. The van der Waals surface area contributed by atoms with Crippen LogP contribution in [0.25, 0.3) is 0 Å². The summed E-state index contributed by atoms with van der Waals surface area (Å²) in [5.41, 5.74) is 1.56. The summed E-state index contributed by atoms with van der Waals surface area (Å²) in [6, 6.07) is 0. The highest BCUT2D eigenvalue weighted by molar-refractivity contribution is 8.22. The maximum Gasteiger partial charge on any atom is 0.133 e. The van der Waals surface area contributed by atoms with Crippen molar-refractivity contribution in [3.63, 3.8) is 0 Å². The number of rotatable bonds is 6. The molecule has 0 aromatic carbocycles. The van der Waals surface area contributed by atoms with Crippen LogP contribution in [0.2, 0.25) is 0 Å². The number of unbranched alkanes of at least 4 members (excludes halogenated alkanes) is 1. The lowest BCUT2D eigenvalue weighted by Crippen LogP contribution is -2.20. The van der Waals surface area contributed by atoms with Gasteiger partial charge in [-0.05, 0) is 19.1 Å². The van der Waals surface area contributed by atoms with Gasteiger partial charge in [0.15, 0.2) is 0 Å². The number of hydrogen-bond donors (Lipinski definition) is 2. The minimum atomic E-state index is 0.873. The molecule has 0 aliphatic carbocycles. The van der Waals surface area contributed by atoms with Gasteiger partial charge in [0.05, 0.1) is 5.49 Å². The predicted octanol–water partition coefficient (Wildman–Crippen LogP) is 1.55. The summed E-state index contributed by atoms with van der Waals surface area (Å²) in [7, 11) is 0. The zero-order chi connectivity index (χ0) is 9.23. The van der Waals surface area contributed by atoms with E-state index >= 15 is 0 Å². The monoisotopic (exact) mass is 222 g/mol. The molecule has 0 aromatic rings. The molecule has 2 N–H and O–H groups in total. The smallest absolute Gasteiger partial charge is 0.133 e. The van der Waals surface area contributed by atoms with Gasteiger partial charge in [-0.25, -0.2) is 0 Å². The third-order valence-corrected chi connectivity index (χ3v) is 2.61. The van der Waals surface area contributed by atoms with Gasteiger partial charge in [-0.1, -0.05) is 24.4 Å². The van der Waals surface area contributed by atoms with Gasteiger partial charge < -0.3 is 10.6 Å². The molecule has 0 bridgehead atoms. The average Bonchev–Trinajstić information content (AvgIpc) is 2.10. The van der Waals surface area contributed by atoms with Gasteiger partial charge in [-0.3, -0.25) is 0 Å². The highest BCUT2D eigenvalue weighted by atomic mass is 32.2. The van der Waals surface area contributed by atoms with E-state index in [-0.39, 0.29) is 0 Å². The summed E-state index contributed by atoms with van der Waals surface area (Å²) in [6.45, 7) is 1.91. The van der Waals surface area contributed by atoms with Crippen LogP contribution >= 0.6 is 36.2 Å². The van der Waals surface area contributed by atoms with E-state index in [1.54, 1.807) is 17.3 Å². The van der Waals surface area contributed by atoms with Crippen LogP contribution in [0.3, 0.4) is 0 Å². The first kappa shape index (κ1) is 12.1. The van der Waals surface area contributed by atoms with Crippen LogP contribution in [0, 0.1) is 0 Å². The number of thioether (sulfide) groups is 1. The van der Waals surface area contributed by atoms with Gasteiger partial charge >= 0.3 is 0 Å². The minimum absolute atomic E-state index is 0.873. The van der Waals surface area contributed by atoms with E-state index in [2.05, 4.69) is 22.9 Å². The largest absolute Gasteiger partial charge is 0.382 e. The van der Waals surface area contributed by atoms with Crippen LogP contribution in [0.4, 0.5) is 0 Å². The Hall–Kier alpha value is 0.130. The molecule has 5 heteroatoms. The maximum absolute atomic E-state index is 4.97. The molecule has 0 aliphatic rings. The molecule has 0 spiro atoms. The van der Waals surface area contributed by atoms with E-state index in [0.717, 1.165) is 30.3 Å². The van der Waals surface area contributed by atoms with Gasteiger partial charge in [-0.15, -0.1) is 11.8 Å². The van der Waals surface area contributed by atoms with Gasteiger partial charge in [0.2, 0.25) is 0 Å². The molecule has 0 amide bonds. The second-order valence-corrected chi connectivity index (χ2v) is 3.92. The van der Waals surface area contributed by atoms with Crippen molar-refractivity contribution in [2.45, 2.75) is 12.8 Å². The molecule has 0 radical (unpaired) electrons. The Labute approximate surface area is 88.9 Å². The Morgan fingerprint density at radius 2 is 2.08 bits per heavy atom. The van der Waals surface area contributed by atoms with E-state index < -0.39 is 0 Å². The average molecular weight is 222 g/mol. The van der Waals surface area contributed by atoms with Crippen molar-refractivity contribution in [1.29, 1.82) is 0 Å². The van der Waals surface area contributed by atoms with Crippen molar-refractivity contribution in [1.82, 2.24) is 10.6 Å². The summed E-state index contributed by atoms with van der Waals surface area (Å²) in [5.74, 6) is 0. The standard InChI is InChI=1S/C7H14N2S3/c1-12-7(11)9-5-3-2-4-8-6-10/h6H,2-5H2,1H3,(H,8,10)(H,9,11). The second-order valence-electron chi connectivity index (χ2n) is 2.20. The Morgan fingerprint density at radius 3 is 2.67 bits per heavy atom. The van der Waals surface area contributed by atoms with Gasteiger partial charge in [0.25, 0.3) is 0 Å². The summed E-state index contributed by atoms with van der Waals surface area (Å²) >= 11 is 11.2. The Morgan fingerprint density at radius 1 is 1.42 bits per heavy atom. The van der Waals surface area contributed by atoms with E-state index in [4.69, 9.17) is 12.2 Å². The highest BCUT2D eigenvalue weighted by Gasteiger charge is 1.90. The topological polar surface area (TPSA) is 24.1 Å². The van der Waals surface area contributed by atoms with Crippen molar-refractivity contribution in [2.24, 2.45) is 0 Å². The highest BCUT2D eigenvalue weighted by Crippen LogP contribution is 1.94. The molecule has 0 saturated carbocycles. The second kappa shape index (κ2) is 9.22. The van der Waals surface area contributed by atoms with Crippen LogP contribution in [-0.2, 0) is 0 Å². The predicted molar refractivity (Wildman–Crippen MR) is 65.0 cm³/mol. The molecule has 12 heavy (non-hydrogen) atoms. The quantitative estimate of drug-likeness (QED) is 0.525. The first-order chi connectivity index (χ1) is 5.81. The van der Waals surface area contributed by atoms with Crippen molar-refractivity contribution < 1.29 is 0 Å². The van der Waals surface area contributed by atoms with Crippen LogP contribution in [0.1, 0.15) is 12.8 Å². The molecule has 0 heterocycles. The molecule has 0 fully saturated rings. The number of hydrogen-bond acceptors (Lipinski definition) is 3. The van der Waals surface area contributed by atoms with Crippen LogP contribution in [0.15, 0.2) is 0 Å². The van der Waals surface area contributed by atoms with Crippen molar-refractivity contribution in [3.8, 4) is 0 Å². The van der Waals surface area contributed by atoms with Crippen molar-refractivity contribution >= 4 is 46.0 Å². The molecule has 0 aliphatic heterocycles. The van der Waals surface area contributed by atoms with E-state index in [9.17, 15) is 0 Å². The number of thiocarbonyl (C=S) groups is 2. The first-order valence-corrected chi connectivity index (χ1v) is 5.90. The molecule has 0 rings (SSSR count). The van der Waals surface area contributed by atoms with Crippen LogP contribution in [-0.4, -0.2) is 29.2 Å². The zero-order valence-corrected chi connectivity index (χ0v) is 9.58. The molecule has 2 nitrogen and oxygen atoms in total. The molecular weight excluding hydrogens is 208 g/mol. The lowest BCUT2D eigenvalue weighted by atomic mass is 10.3. The first-order valence-electron chi connectivity index (χ1n) is 3.80. The Bertz CT molecular complexity index is 139. The summed E-state index contributed by atoms with van der Waals surface area (Å²) in [4.78, 5) is 0. The molecule has 70 valence electrons. The molecular formula is C7H14N2S3. The zero-order valence-electron chi connectivity index (χ0n) is 7.13. The summed E-state index contributed by atoms with van der Waals surface area (Å²) in [5, 5.41) is 6.11. The third-order valence-electron chi connectivity index (χ3n) is 1.29. The molecule has 0 saturated heterocycles. The van der Waals surface area contributed by atoms with Crippen LogP contribution in [0.5, 0.6) is 0 Å². The Kier molecular flexibility index (Phi) is 9.32. The fraction of sp³-hybridized carbons (Fsp3) is 0.714. The lowest BCUT2D eigenvalue weighted by molar-refractivity contribution is 0.700. The normalized spacial score (nSPS) is 9.08. The SMILES string of the molecule is CSC(=S)NCCCCNC=S. The minimum Gasteiger partial charge on any atom is -0.382 e. The fourth-order valence-electron chi connectivity index (χ4n) is 0.674. The lowest BCUT2D eigenvalue weighted by Gasteiger charge is -2.04. The summed E-state index contributed by atoms with van der Waals surface area (Å²) < 4.78 is 0.873. The molecule has 0 atom stereocenters. The van der Waals surface area contributed by atoms with E-state index in [1.165, 1.54) is 0 Å². The van der Waals surface area contributed by atoms with Gasteiger partial charge in [0.1, 0.15) is 4.32 Å². The van der Waals surface area contributed by atoms with Crippen LogP contribution < -0.4 is 10.6 Å². The van der Waals surface area contributed by atoms with Gasteiger partial charge in [-0.2, -0.15) is 0 Å². The molecule has 0 aromatic heterocycles. The van der Waals surface area contributed by atoms with Crippen molar-refractivity contribution in [3.05, 3.63) is 0 Å². The van der Waals surface area contributed by atoms with E-state index in [1.807, 2.05) is 6.26 Å². The van der Waals surface area contributed by atoms with Gasteiger partial charge in [0, 0.05) is 13.1 Å². The molecule has 0 unspecified atom stereocenters. The fourth-order valence-corrected chi connectivity index (χ4v) is 1.14. The van der Waals surface area contributed by atoms with Crippen molar-refractivity contribution in [2.75, 3.05) is 19.3 Å². The maximum atomic E-state index is 4.97.